The second kappa shape index (κ2) is 7.53. The zero-order valence-electron chi connectivity index (χ0n) is 13.4. The molecule has 0 saturated heterocycles. The molecule has 0 aliphatic rings. The van der Waals surface area contributed by atoms with E-state index in [1.807, 2.05) is 24.4 Å². The van der Waals surface area contributed by atoms with E-state index in [9.17, 15) is 14.0 Å². The Balaban J connectivity index is 1.57. The molecule has 0 aliphatic carbocycles. The Hall–Kier alpha value is -3.28. The highest BCUT2D eigenvalue weighted by Gasteiger charge is 2.10. The fraction of sp³-hybridized carbons (Fsp3) is 0.105. The number of carbonyl (C=O) groups is 2. The highest BCUT2D eigenvalue weighted by Crippen LogP contribution is 2.15. The van der Waals surface area contributed by atoms with Crippen molar-refractivity contribution in [2.24, 2.45) is 0 Å². The van der Waals surface area contributed by atoms with Gasteiger partial charge in [-0.15, -0.1) is 0 Å². The summed E-state index contributed by atoms with van der Waals surface area (Å²) in [7, 11) is 0. The van der Waals surface area contributed by atoms with Crippen molar-refractivity contribution < 1.29 is 14.0 Å². The summed E-state index contributed by atoms with van der Waals surface area (Å²) in [6.07, 6.45) is 3.60. The normalized spacial score (nSPS) is 10.4. The number of hydrogen-bond donors (Lipinski definition) is 1. The first-order valence-corrected chi connectivity index (χ1v) is 7.80. The van der Waals surface area contributed by atoms with Gasteiger partial charge in [0.25, 0.3) is 0 Å². The van der Waals surface area contributed by atoms with Crippen LogP contribution in [-0.2, 0) is 4.79 Å². The zero-order chi connectivity index (χ0) is 17.6. The lowest BCUT2D eigenvalue weighted by Crippen LogP contribution is -2.13. The second-order valence-electron chi connectivity index (χ2n) is 5.48. The molecule has 0 fully saturated rings. The van der Waals surface area contributed by atoms with Crippen LogP contribution in [0.1, 0.15) is 23.2 Å². The molecule has 5 nitrogen and oxygen atoms in total. The topological polar surface area (TPSA) is 64.0 Å². The number of benzene rings is 2. The predicted molar refractivity (Wildman–Crippen MR) is 92.2 cm³/mol. The number of ketones is 1. The van der Waals surface area contributed by atoms with E-state index in [1.54, 1.807) is 23.0 Å². The highest BCUT2D eigenvalue weighted by atomic mass is 19.1. The van der Waals surface area contributed by atoms with Gasteiger partial charge in [-0.25, -0.2) is 9.07 Å². The predicted octanol–water partition coefficient (Wildman–Crippen LogP) is 3.61. The third-order valence-electron chi connectivity index (χ3n) is 3.64. The lowest BCUT2D eigenvalue weighted by atomic mass is 10.1. The summed E-state index contributed by atoms with van der Waals surface area (Å²) >= 11 is 0. The third-order valence-corrected chi connectivity index (χ3v) is 3.64. The molecule has 3 aromatic rings. The molecule has 0 radical (unpaired) electrons. The average Bonchev–Trinajstić information content (AvgIpc) is 3.15. The summed E-state index contributed by atoms with van der Waals surface area (Å²) < 4.78 is 14.5. The summed E-state index contributed by atoms with van der Waals surface area (Å²) in [4.78, 5) is 24.1. The lowest BCUT2D eigenvalue weighted by Gasteiger charge is -2.07. The van der Waals surface area contributed by atoms with E-state index in [0.29, 0.717) is 11.3 Å². The summed E-state index contributed by atoms with van der Waals surface area (Å²) in [5, 5.41) is 6.91. The molecule has 2 aromatic carbocycles. The Labute approximate surface area is 144 Å². The van der Waals surface area contributed by atoms with Crippen molar-refractivity contribution in [3.05, 3.63) is 78.4 Å². The van der Waals surface area contributed by atoms with E-state index >= 15 is 0 Å². The Bertz CT molecular complexity index is 874. The van der Waals surface area contributed by atoms with E-state index in [1.165, 1.54) is 24.3 Å². The molecule has 0 bridgehead atoms. The van der Waals surface area contributed by atoms with Gasteiger partial charge in [-0.1, -0.05) is 6.07 Å². The number of rotatable bonds is 6. The van der Waals surface area contributed by atoms with Crippen LogP contribution in [0.2, 0.25) is 0 Å². The van der Waals surface area contributed by atoms with Crippen LogP contribution < -0.4 is 5.32 Å². The van der Waals surface area contributed by atoms with Gasteiger partial charge in [-0.3, -0.25) is 9.59 Å². The van der Waals surface area contributed by atoms with E-state index in [2.05, 4.69) is 10.4 Å². The van der Waals surface area contributed by atoms with Crippen molar-refractivity contribution in [3.8, 4) is 5.69 Å². The van der Waals surface area contributed by atoms with Crippen molar-refractivity contribution in [3.63, 3.8) is 0 Å². The second-order valence-corrected chi connectivity index (χ2v) is 5.48. The molecular weight excluding hydrogens is 321 g/mol. The Morgan fingerprint density at radius 2 is 1.84 bits per heavy atom. The highest BCUT2D eigenvalue weighted by molar-refractivity contribution is 6.00. The number of carbonyl (C=O) groups excluding carboxylic acids is 2. The number of amides is 1. The lowest BCUT2D eigenvalue weighted by molar-refractivity contribution is -0.116. The van der Waals surface area contributed by atoms with E-state index < -0.39 is 5.82 Å². The van der Waals surface area contributed by atoms with Crippen LogP contribution in [0.15, 0.2) is 67.0 Å². The molecule has 0 unspecified atom stereocenters. The van der Waals surface area contributed by atoms with Crippen molar-refractivity contribution in [2.45, 2.75) is 12.8 Å². The van der Waals surface area contributed by atoms with E-state index in [0.717, 1.165) is 5.69 Å². The smallest absolute Gasteiger partial charge is 0.224 e. The maximum Gasteiger partial charge on any atom is 0.224 e. The van der Waals surface area contributed by atoms with Crippen LogP contribution in [-0.4, -0.2) is 21.5 Å². The number of nitrogens with zero attached hydrogens (tertiary/aromatic N) is 2. The van der Waals surface area contributed by atoms with Gasteiger partial charge in [-0.2, -0.15) is 5.10 Å². The Morgan fingerprint density at radius 3 is 2.56 bits per heavy atom. The molecule has 1 N–H and O–H groups in total. The van der Waals surface area contributed by atoms with Crippen molar-refractivity contribution >= 4 is 17.4 Å². The third kappa shape index (κ3) is 4.38. The first-order chi connectivity index (χ1) is 12.1. The van der Waals surface area contributed by atoms with Gasteiger partial charge in [0.1, 0.15) is 5.82 Å². The molecule has 1 heterocycles. The summed E-state index contributed by atoms with van der Waals surface area (Å²) in [6, 6.07) is 14.4. The minimum Gasteiger partial charge on any atom is -0.326 e. The largest absolute Gasteiger partial charge is 0.326 e. The molecule has 1 aromatic heterocycles. The van der Waals surface area contributed by atoms with Crippen molar-refractivity contribution in [1.82, 2.24) is 9.78 Å². The quantitative estimate of drug-likeness (QED) is 0.699. The molecule has 0 aliphatic heterocycles. The Kier molecular flexibility index (Phi) is 4.99. The number of anilines is 1. The van der Waals surface area contributed by atoms with Crippen molar-refractivity contribution in [2.75, 3.05) is 5.32 Å². The Morgan fingerprint density at radius 1 is 1.04 bits per heavy atom. The number of halogens is 1. The minimum atomic E-state index is -0.397. The SMILES string of the molecule is O=C(CCC(=O)c1ccc(F)cc1)Nc1cccc(-n2cccn2)c1. The van der Waals surface area contributed by atoms with E-state index in [4.69, 9.17) is 0 Å². The average molecular weight is 337 g/mol. The number of aromatic nitrogens is 2. The fourth-order valence-corrected chi connectivity index (χ4v) is 2.38. The summed E-state index contributed by atoms with van der Waals surface area (Å²) in [6.45, 7) is 0. The maximum atomic E-state index is 12.9. The van der Waals surface area contributed by atoms with Gasteiger partial charge in [-0.05, 0) is 48.5 Å². The van der Waals surface area contributed by atoms with Gasteiger partial charge in [0.05, 0.1) is 5.69 Å². The van der Waals surface area contributed by atoms with Crippen LogP contribution in [0.5, 0.6) is 0 Å². The molecule has 3 rings (SSSR count). The fourth-order valence-electron chi connectivity index (χ4n) is 2.38. The van der Waals surface area contributed by atoms with Gasteiger partial charge >= 0.3 is 0 Å². The molecule has 0 spiro atoms. The standard InChI is InChI=1S/C19H16FN3O2/c20-15-7-5-14(6-8-15)18(24)9-10-19(25)22-16-3-1-4-17(13-16)23-12-2-11-21-23/h1-8,11-13H,9-10H2,(H,22,25). The van der Waals surface area contributed by atoms with Crippen LogP contribution in [0, 0.1) is 5.82 Å². The van der Waals surface area contributed by atoms with Crippen LogP contribution in [0.25, 0.3) is 5.69 Å². The van der Waals surface area contributed by atoms with Crippen LogP contribution in [0.3, 0.4) is 0 Å². The van der Waals surface area contributed by atoms with Gasteiger partial charge in [0.2, 0.25) is 5.91 Å². The monoisotopic (exact) mass is 337 g/mol. The number of nitrogens with one attached hydrogen (secondary N) is 1. The van der Waals surface area contributed by atoms with Crippen LogP contribution >= 0.6 is 0 Å². The molecule has 0 saturated carbocycles. The summed E-state index contributed by atoms with van der Waals surface area (Å²) in [5.74, 6) is -0.847. The van der Waals surface area contributed by atoms with Crippen molar-refractivity contribution in [1.29, 1.82) is 0 Å². The first kappa shape index (κ1) is 16.6. The van der Waals surface area contributed by atoms with E-state index in [-0.39, 0.29) is 24.5 Å². The maximum absolute atomic E-state index is 12.9. The molecular formula is C19H16FN3O2. The number of Topliss-reactive ketones (excluding diaryl/α,β-unsaturated/α-hetero) is 1. The molecule has 25 heavy (non-hydrogen) atoms. The van der Waals surface area contributed by atoms with Gasteiger partial charge in [0, 0.05) is 36.5 Å². The van der Waals surface area contributed by atoms with Crippen LogP contribution in [0.4, 0.5) is 10.1 Å². The molecule has 126 valence electrons. The minimum absolute atomic E-state index is 0.0577. The zero-order valence-corrected chi connectivity index (χ0v) is 13.4. The number of hydrogen-bond acceptors (Lipinski definition) is 3. The molecule has 0 atom stereocenters. The first-order valence-electron chi connectivity index (χ1n) is 7.80. The van der Waals surface area contributed by atoms with Gasteiger partial charge < -0.3 is 5.32 Å². The van der Waals surface area contributed by atoms with Gasteiger partial charge in [0.15, 0.2) is 5.78 Å². The summed E-state index contributed by atoms with van der Waals surface area (Å²) in [5.41, 5.74) is 1.85. The molecule has 1 amide bonds. The molecule has 6 heteroatoms.